The minimum absolute atomic E-state index is 0.0344. The van der Waals surface area contributed by atoms with Crippen LogP contribution in [0.3, 0.4) is 0 Å². The molecule has 0 radical (unpaired) electrons. The highest BCUT2D eigenvalue weighted by Gasteiger charge is 2.24. The Labute approximate surface area is 201 Å². The summed E-state index contributed by atoms with van der Waals surface area (Å²) < 4.78 is 34.2. The number of benzene rings is 2. The Morgan fingerprint density at radius 3 is 2.60 bits per heavy atom. The second-order valence-electron chi connectivity index (χ2n) is 8.01. The van der Waals surface area contributed by atoms with E-state index in [4.69, 9.17) is 14.5 Å². The van der Waals surface area contributed by atoms with Gasteiger partial charge >= 0.3 is 13.9 Å². The number of hydrogen-bond donors (Lipinski definition) is 4. The minimum atomic E-state index is -4.75. The molecule has 12 heteroatoms. The number of hydrogen-bond acceptors (Lipinski definition) is 7. The first-order valence-corrected chi connectivity index (χ1v) is 12.2. The number of carbonyl (C=O) groups is 1. The van der Waals surface area contributed by atoms with Gasteiger partial charge in [-0.05, 0) is 42.6 Å². The van der Waals surface area contributed by atoms with Crippen LogP contribution in [0.2, 0.25) is 0 Å². The van der Waals surface area contributed by atoms with Crippen molar-refractivity contribution in [3.8, 4) is 0 Å². The first kappa shape index (κ1) is 26.7. The van der Waals surface area contributed by atoms with E-state index in [1.807, 2.05) is 24.3 Å². The molecule has 0 aliphatic heterocycles. The number of fused-ring (bicyclic) bond motifs is 1. The van der Waals surface area contributed by atoms with Crippen molar-refractivity contribution in [3.05, 3.63) is 72.2 Å². The Kier molecular flexibility index (Phi) is 9.27. The van der Waals surface area contributed by atoms with Gasteiger partial charge in [0.15, 0.2) is 0 Å². The first-order chi connectivity index (χ1) is 16.6. The van der Waals surface area contributed by atoms with Crippen molar-refractivity contribution in [2.24, 2.45) is 0 Å². The van der Waals surface area contributed by atoms with Crippen LogP contribution in [0.25, 0.3) is 10.8 Å². The van der Waals surface area contributed by atoms with Gasteiger partial charge in [0.2, 0.25) is 0 Å². The second kappa shape index (κ2) is 12.2. The molecule has 1 aromatic heterocycles. The van der Waals surface area contributed by atoms with Gasteiger partial charge in [0.1, 0.15) is 18.2 Å². The lowest BCUT2D eigenvalue weighted by Crippen LogP contribution is -2.40. The van der Waals surface area contributed by atoms with Crippen molar-refractivity contribution in [2.45, 2.75) is 25.1 Å². The van der Waals surface area contributed by atoms with Gasteiger partial charge in [0.05, 0.1) is 12.7 Å². The van der Waals surface area contributed by atoms with E-state index in [2.05, 4.69) is 14.8 Å². The number of carbonyl (C=O) groups excluding carboxylic acids is 1. The Balaban J connectivity index is 1.63. The molecule has 0 aliphatic rings. The molecule has 4 N–H and O–H groups in total. The van der Waals surface area contributed by atoms with E-state index in [9.17, 15) is 18.9 Å². The van der Waals surface area contributed by atoms with E-state index >= 15 is 0 Å². The summed E-state index contributed by atoms with van der Waals surface area (Å²) in [6.45, 7) is -0.508. The summed E-state index contributed by atoms with van der Waals surface area (Å²) in [5.41, 5.74) is 0.656. The molecule has 2 aromatic carbocycles. The number of amides is 1. The molecular weight excluding hydrogens is 480 g/mol. The first-order valence-electron chi connectivity index (χ1n) is 10.7. The number of aliphatic hydroxyl groups excluding tert-OH is 1. The van der Waals surface area contributed by atoms with Crippen molar-refractivity contribution in [1.82, 2.24) is 9.88 Å². The predicted molar refractivity (Wildman–Crippen MR) is 127 cm³/mol. The van der Waals surface area contributed by atoms with Gasteiger partial charge < -0.3 is 19.6 Å². The lowest BCUT2D eigenvalue weighted by molar-refractivity contribution is 0.0363. The number of phosphoric ester groups is 1. The van der Waals surface area contributed by atoms with Gasteiger partial charge in [-0.2, -0.15) is 0 Å². The monoisotopic (exact) mass is 507 g/mol. The van der Waals surface area contributed by atoms with Crippen molar-refractivity contribution in [2.75, 3.05) is 25.6 Å². The number of pyridine rings is 1. The molecule has 3 aromatic rings. The van der Waals surface area contributed by atoms with Crippen molar-refractivity contribution in [3.63, 3.8) is 0 Å². The lowest BCUT2D eigenvalue weighted by Gasteiger charge is -2.29. The van der Waals surface area contributed by atoms with Crippen LogP contribution >= 0.6 is 7.82 Å². The molecule has 0 spiro atoms. The highest BCUT2D eigenvalue weighted by Crippen LogP contribution is 2.36. The van der Waals surface area contributed by atoms with Gasteiger partial charge in [0, 0.05) is 24.2 Å². The molecule has 1 amide bonds. The zero-order valence-corrected chi connectivity index (χ0v) is 19.8. The maximum absolute atomic E-state index is 13.6. The van der Waals surface area contributed by atoms with E-state index in [-0.39, 0.29) is 19.6 Å². The summed E-state index contributed by atoms with van der Waals surface area (Å²) in [7, 11) is -3.06. The zero-order chi connectivity index (χ0) is 25.4. The average molecular weight is 507 g/mol. The topological polar surface area (TPSA) is 141 Å². The fraction of sp³-hybridized carbons (Fsp3) is 0.304. The van der Waals surface area contributed by atoms with Crippen LogP contribution in [-0.4, -0.2) is 63.3 Å². The molecule has 0 saturated heterocycles. The van der Waals surface area contributed by atoms with Gasteiger partial charge in [-0.15, -0.1) is 0 Å². The summed E-state index contributed by atoms with van der Waals surface area (Å²) in [5.74, 6) is -0.102. The summed E-state index contributed by atoms with van der Waals surface area (Å²) >= 11 is 0. The Morgan fingerprint density at radius 1 is 1.14 bits per heavy atom. The number of rotatable bonds is 11. The van der Waals surface area contributed by atoms with Crippen LogP contribution in [0.4, 0.5) is 15.0 Å². The predicted octanol–water partition coefficient (Wildman–Crippen LogP) is 3.28. The van der Waals surface area contributed by atoms with Crippen molar-refractivity contribution < 1.29 is 37.9 Å². The summed E-state index contributed by atoms with van der Waals surface area (Å²) in [6, 6.07) is 14.6. The third-order valence-electron chi connectivity index (χ3n) is 5.19. The number of anilines is 1. The molecule has 0 bridgehead atoms. The fourth-order valence-corrected chi connectivity index (χ4v) is 3.82. The quantitative estimate of drug-likeness (QED) is 0.288. The molecule has 0 fully saturated rings. The number of ether oxygens (including phenoxy) is 1. The number of halogens is 1. The molecule has 1 heterocycles. The molecule has 3 rings (SSSR count). The smallest absolute Gasteiger partial charge is 0.448 e. The van der Waals surface area contributed by atoms with Crippen LogP contribution < -0.4 is 5.32 Å². The molecule has 0 aliphatic carbocycles. The van der Waals surface area contributed by atoms with Crippen molar-refractivity contribution in [1.29, 1.82) is 0 Å². The standard InChI is InChI=1S/C23H27FN3O7P/c1-27(13-16-5-4-8-19(24)9-16)20(11-21(28)15-34-35(30,31)32)14-33-23(29)26-22-10-17-6-2-3-7-18(17)12-25-22/h2-10,12,20-21,28H,11,13-15H2,1H3,(H,25,26,29)(H2,30,31,32). The minimum Gasteiger partial charge on any atom is -0.448 e. The molecular formula is C23H27FN3O7P. The molecule has 2 unspecified atom stereocenters. The Bertz CT molecular complexity index is 1190. The SMILES string of the molecule is CN(Cc1cccc(F)c1)C(COC(=O)Nc1cc2ccccc2cn1)CC(O)COP(=O)(O)O. The average Bonchev–Trinajstić information content (AvgIpc) is 2.80. The maximum Gasteiger partial charge on any atom is 0.469 e. The Morgan fingerprint density at radius 2 is 1.89 bits per heavy atom. The Hall–Kier alpha value is -2.92. The van der Waals surface area contributed by atoms with E-state index in [0.29, 0.717) is 11.4 Å². The number of nitrogens with zero attached hydrogens (tertiary/aromatic N) is 2. The van der Waals surface area contributed by atoms with Gasteiger partial charge in [-0.3, -0.25) is 14.7 Å². The van der Waals surface area contributed by atoms with Crippen LogP contribution in [0.15, 0.2) is 60.8 Å². The lowest BCUT2D eigenvalue weighted by atomic mass is 10.1. The molecule has 0 saturated carbocycles. The summed E-state index contributed by atoms with van der Waals surface area (Å²) in [4.78, 5) is 36.0. The van der Waals surface area contributed by atoms with Crippen LogP contribution in [0, 0.1) is 5.82 Å². The highest BCUT2D eigenvalue weighted by molar-refractivity contribution is 7.46. The van der Waals surface area contributed by atoms with Crippen molar-refractivity contribution >= 4 is 30.5 Å². The number of aliphatic hydroxyl groups is 1. The van der Waals surface area contributed by atoms with E-state index in [1.165, 1.54) is 12.1 Å². The summed E-state index contributed by atoms with van der Waals surface area (Å²) in [5, 5.41) is 14.6. The van der Waals surface area contributed by atoms with E-state index < -0.39 is 38.5 Å². The van der Waals surface area contributed by atoms with Gasteiger partial charge in [-0.1, -0.05) is 36.4 Å². The van der Waals surface area contributed by atoms with Crippen LogP contribution in [0.5, 0.6) is 0 Å². The zero-order valence-electron chi connectivity index (χ0n) is 19.0. The van der Waals surface area contributed by atoms with E-state index in [1.54, 1.807) is 36.3 Å². The van der Waals surface area contributed by atoms with Crippen LogP contribution in [0.1, 0.15) is 12.0 Å². The second-order valence-corrected chi connectivity index (χ2v) is 9.25. The third kappa shape index (κ3) is 8.99. The number of aromatic nitrogens is 1. The molecule has 2 atom stereocenters. The number of likely N-dealkylation sites (N-methyl/N-ethyl adjacent to an activating group) is 1. The maximum atomic E-state index is 13.6. The fourth-order valence-electron chi connectivity index (χ4n) is 3.46. The summed E-state index contributed by atoms with van der Waals surface area (Å²) in [6.07, 6.45) is -0.431. The van der Waals surface area contributed by atoms with Gasteiger partial charge in [-0.25, -0.2) is 18.7 Å². The molecule has 188 valence electrons. The number of nitrogens with one attached hydrogen (secondary N) is 1. The highest BCUT2D eigenvalue weighted by atomic mass is 31.2. The van der Waals surface area contributed by atoms with Crippen LogP contribution in [-0.2, 0) is 20.4 Å². The molecule has 35 heavy (non-hydrogen) atoms. The largest absolute Gasteiger partial charge is 0.469 e. The molecule has 10 nitrogen and oxygen atoms in total. The number of phosphoric acid groups is 1. The van der Waals surface area contributed by atoms with E-state index in [0.717, 1.165) is 10.8 Å². The van der Waals surface area contributed by atoms with Gasteiger partial charge in [0.25, 0.3) is 0 Å². The normalized spacial score (nSPS) is 13.5. The third-order valence-corrected chi connectivity index (χ3v) is 5.68.